The summed E-state index contributed by atoms with van der Waals surface area (Å²) in [4.78, 5) is 35.9. The van der Waals surface area contributed by atoms with E-state index in [1.54, 1.807) is 42.5 Å². The zero-order chi connectivity index (χ0) is 19.4. The van der Waals surface area contributed by atoms with Crippen LogP contribution in [0.2, 0.25) is 0 Å². The van der Waals surface area contributed by atoms with Gasteiger partial charge in [-0.2, -0.15) is 0 Å². The van der Waals surface area contributed by atoms with E-state index >= 15 is 0 Å². The van der Waals surface area contributed by atoms with Gasteiger partial charge in [-0.1, -0.05) is 6.07 Å². The summed E-state index contributed by atoms with van der Waals surface area (Å²) in [5.41, 5.74) is 2.76. The molecule has 1 aliphatic rings. The van der Waals surface area contributed by atoms with Crippen molar-refractivity contribution in [2.45, 2.75) is 25.8 Å². The molecule has 2 aromatic rings. The molecule has 3 amide bonds. The van der Waals surface area contributed by atoms with E-state index in [1.807, 2.05) is 6.92 Å². The molecule has 0 heterocycles. The van der Waals surface area contributed by atoms with Crippen LogP contribution in [0.4, 0.5) is 16.2 Å². The van der Waals surface area contributed by atoms with Gasteiger partial charge in [-0.05, 0) is 61.7 Å². The van der Waals surface area contributed by atoms with Crippen LogP contribution in [-0.2, 0) is 4.74 Å². The fraction of sp³-hybridized carbons (Fsp3) is 0.250. The lowest BCUT2D eigenvalue weighted by Crippen LogP contribution is -2.30. The van der Waals surface area contributed by atoms with Crippen molar-refractivity contribution in [3.05, 3.63) is 59.2 Å². The molecule has 140 valence electrons. The number of esters is 1. The maximum Gasteiger partial charge on any atom is 0.337 e. The van der Waals surface area contributed by atoms with Gasteiger partial charge in [-0.15, -0.1) is 0 Å². The van der Waals surface area contributed by atoms with Crippen LogP contribution in [0.25, 0.3) is 0 Å². The number of hydrogen-bond acceptors (Lipinski definition) is 4. The van der Waals surface area contributed by atoms with Crippen LogP contribution in [-0.4, -0.2) is 31.1 Å². The van der Waals surface area contributed by atoms with Gasteiger partial charge in [-0.25, -0.2) is 9.59 Å². The lowest BCUT2D eigenvalue weighted by Gasteiger charge is -2.11. The van der Waals surface area contributed by atoms with Crippen LogP contribution in [0.1, 0.15) is 39.1 Å². The summed E-state index contributed by atoms with van der Waals surface area (Å²) in [5.74, 6) is -0.778. The Bertz CT molecular complexity index is 873. The van der Waals surface area contributed by atoms with Crippen molar-refractivity contribution in [3.8, 4) is 0 Å². The summed E-state index contributed by atoms with van der Waals surface area (Å²) < 4.78 is 4.70. The zero-order valence-corrected chi connectivity index (χ0v) is 15.2. The number of amides is 3. The Balaban J connectivity index is 1.65. The number of aryl methyl sites for hydroxylation is 1. The number of carbonyl (C=O) groups excluding carboxylic acids is 3. The second-order valence-corrected chi connectivity index (χ2v) is 6.43. The molecule has 27 heavy (non-hydrogen) atoms. The Hall–Kier alpha value is -3.35. The van der Waals surface area contributed by atoms with Gasteiger partial charge < -0.3 is 20.7 Å². The van der Waals surface area contributed by atoms with Gasteiger partial charge in [-0.3, -0.25) is 4.79 Å². The van der Waals surface area contributed by atoms with Crippen molar-refractivity contribution in [1.82, 2.24) is 5.32 Å². The summed E-state index contributed by atoms with van der Waals surface area (Å²) in [7, 11) is 1.31. The van der Waals surface area contributed by atoms with Crippen molar-refractivity contribution >= 4 is 29.3 Å². The summed E-state index contributed by atoms with van der Waals surface area (Å²) in [5, 5.41) is 8.36. The summed E-state index contributed by atoms with van der Waals surface area (Å²) in [6, 6.07) is 11.6. The minimum absolute atomic E-state index is 0.245. The molecule has 3 N–H and O–H groups in total. The van der Waals surface area contributed by atoms with Crippen molar-refractivity contribution in [2.75, 3.05) is 17.7 Å². The SMILES string of the molecule is COC(=O)c1ccc(C)c(NC(=O)c2ccc(NC(=O)NC3CC3)cc2)c1. The third kappa shape index (κ3) is 4.84. The first-order valence-corrected chi connectivity index (χ1v) is 8.64. The summed E-state index contributed by atoms with van der Waals surface area (Å²) in [6.45, 7) is 1.84. The number of methoxy groups -OCH3 is 1. The first-order valence-electron chi connectivity index (χ1n) is 8.64. The second-order valence-electron chi connectivity index (χ2n) is 6.43. The fourth-order valence-corrected chi connectivity index (χ4v) is 2.48. The zero-order valence-electron chi connectivity index (χ0n) is 15.2. The molecule has 0 bridgehead atoms. The molecule has 2 aromatic carbocycles. The van der Waals surface area contributed by atoms with Gasteiger partial charge >= 0.3 is 12.0 Å². The highest BCUT2D eigenvalue weighted by Crippen LogP contribution is 2.20. The van der Waals surface area contributed by atoms with Crippen molar-refractivity contribution in [3.63, 3.8) is 0 Å². The highest BCUT2D eigenvalue weighted by molar-refractivity contribution is 6.05. The normalized spacial score (nSPS) is 12.8. The van der Waals surface area contributed by atoms with E-state index < -0.39 is 5.97 Å². The average molecular weight is 367 g/mol. The molecule has 0 radical (unpaired) electrons. The monoisotopic (exact) mass is 367 g/mol. The average Bonchev–Trinajstić information content (AvgIpc) is 3.47. The highest BCUT2D eigenvalue weighted by Gasteiger charge is 2.23. The van der Waals surface area contributed by atoms with Crippen LogP contribution in [0, 0.1) is 6.92 Å². The van der Waals surface area contributed by atoms with E-state index in [4.69, 9.17) is 4.74 Å². The Labute approximate surface area is 157 Å². The molecule has 7 heteroatoms. The molecule has 0 aliphatic heterocycles. The number of carbonyl (C=O) groups is 3. The van der Waals surface area contributed by atoms with Gasteiger partial charge in [0, 0.05) is 23.0 Å². The molecule has 0 unspecified atom stereocenters. The molecule has 1 fully saturated rings. The quantitative estimate of drug-likeness (QED) is 0.706. The van der Waals surface area contributed by atoms with E-state index in [2.05, 4.69) is 16.0 Å². The molecular formula is C20H21N3O4. The minimum Gasteiger partial charge on any atom is -0.465 e. The summed E-state index contributed by atoms with van der Waals surface area (Å²) in [6.07, 6.45) is 2.03. The van der Waals surface area contributed by atoms with Gasteiger partial charge in [0.2, 0.25) is 0 Å². The number of rotatable bonds is 5. The number of ether oxygens (including phenoxy) is 1. The maximum atomic E-state index is 12.5. The number of nitrogens with one attached hydrogen (secondary N) is 3. The van der Waals surface area contributed by atoms with Crippen LogP contribution in [0.15, 0.2) is 42.5 Å². The third-order valence-corrected chi connectivity index (χ3v) is 4.22. The molecule has 0 atom stereocenters. The highest BCUT2D eigenvalue weighted by atomic mass is 16.5. The molecule has 0 saturated heterocycles. The van der Waals surface area contributed by atoms with Gasteiger partial charge in [0.25, 0.3) is 5.91 Å². The fourth-order valence-electron chi connectivity index (χ4n) is 2.48. The molecule has 3 rings (SSSR count). The van der Waals surface area contributed by atoms with Crippen molar-refractivity contribution in [1.29, 1.82) is 0 Å². The molecule has 7 nitrogen and oxygen atoms in total. The van der Waals surface area contributed by atoms with Crippen molar-refractivity contribution in [2.24, 2.45) is 0 Å². The molecule has 0 spiro atoms. The topological polar surface area (TPSA) is 96.5 Å². The lowest BCUT2D eigenvalue weighted by molar-refractivity contribution is 0.0600. The first kappa shape index (κ1) is 18.4. The van der Waals surface area contributed by atoms with Crippen molar-refractivity contribution < 1.29 is 19.1 Å². The molecule has 1 aliphatic carbocycles. The van der Waals surface area contributed by atoms with E-state index in [1.165, 1.54) is 7.11 Å². The van der Waals surface area contributed by atoms with Crippen LogP contribution in [0.3, 0.4) is 0 Å². The lowest BCUT2D eigenvalue weighted by atomic mass is 10.1. The van der Waals surface area contributed by atoms with E-state index in [9.17, 15) is 14.4 Å². The molecular weight excluding hydrogens is 346 g/mol. The predicted molar refractivity (Wildman–Crippen MR) is 102 cm³/mol. The number of benzene rings is 2. The Morgan fingerprint density at radius 2 is 1.63 bits per heavy atom. The second kappa shape index (κ2) is 7.90. The van der Waals surface area contributed by atoms with Gasteiger partial charge in [0.05, 0.1) is 12.7 Å². The van der Waals surface area contributed by atoms with E-state index in [-0.39, 0.29) is 18.0 Å². The van der Waals surface area contributed by atoms with Crippen LogP contribution in [0.5, 0.6) is 0 Å². The third-order valence-electron chi connectivity index (χ3n) is 4.22. The van der Waals surface area contributed by atoms with E-state index in [0.29, 0.717) is 22.5 Å². The Morgan fingerprint density at radius 1 is 0.963 bits per heavy atom. The number of hydrogen-bond donors (Lipinski definition) is 3. The smallest absolute Gasteiger partial charge is 0.337 e. The number of anilines is 2. The van der Waals surface area contributed by atoms with Crippen LogP contribution >= 0.6 is 0 Å². The Kier molecular flexibility index (Phi) is 5.40. The minimum atomic E-state index is -0.467. The standard InChI is InChI=1S/C20H21N3O4/c1-12-3-4-14(19(25)27-2)11-17(12)23-18(24)13-5-7-15(8-6-13)21-20(26)22-16-9-10-16/h3-8,11,16H,9-10H2,1-2H3,(H,23,24)(H2,21,22,26). The summed E-state index contributed by atoms with van der Waals surface area (Å²) >= 11 is 0. The maximum absolute atomic E-state index is 12.5. The van der Waals surface area contributed by atoms with Gasteiger partial charge in [0.1, 0.15) is 0 Å². The van der Waals surface area contributed by atoms with Gasteiger partial charge in [0.15, 0.2) is 0 Å². The first-order chi connectivity index (χ1) is 13.0. The molecule has 0 aromatic heterocycles. The number of urea groups is 1. The molecule has 1 saturated carbocycles. The predicted octanol–water partition coefficient (Wildman–Crippen LogP) is 3.32. The van der Waals surface area contributed by atoms with Crippen LogP contribution < -0.4 is 16.0 Å². The largest absolute Gasteiger partial charge is 0.465 e. The Morgan fingerprint density at radius 3 is 2.26 bits per heavy atom. The van der Waals surface area contributed by atoms with E-state index in [0.717, 1.165) is 18.4 Å².